The second-order valence-corrected chi connectivity index (χ2v) is 2.47. The highest BCUT2D eigenvalue weighted by atomic mass is 32.1. The molecule has 0 bridgehead atoms. The summed E-state index contributed by atoms with van der Waals surface area (Å²) in [7, 11) is -0.984. The highest BCUT2D eigenvalue weighted by Crippen LogP contribution is 2.15. The predicted molar refractivity (Wildman–Crippen MR) is 27.2 cm³/mol. The Balaban J connectivity index is 2.54. The molecule has 2 nitrogen and oxygen atoms in total. The van der Waals surface area contributed by atoms with Gasteiger partial charge in [-0.25, -0.2) is 4.49 Å². The van der Waals surface area contributed by atoms with Gasteiger partial charge in [-0.05, 0) is 6.66 Å². The van der Waals surface area contributed by atoms with Crippen molar-refractivity contribution < 1.29 is 4.89 Å². The van der Waals surface area contributed by atoms with Gasteiger partial charge in [-0.15, -0.1) is 0 Å². The summed E-state index contributed by atoms with van der Waals surface area (Å²) in [6, 6.07) is 0. The van der Waals surface area contributed by atoms with Gasteiger partial charge in [0.15, 0.2) is 0 Å². The fraction of sp³-hybridized carbons (Fsp3) is 1.00. The monoisotopic (exact) mass is 111 g/mol. The molecule has 0 aliphatic carbocycles. The van der Waals surface area contributed by atoms with Gasteiger partial charge in [0.25, 0.3) is 0 Å². The second-order valence-electron chi connectivity index (χ2n) is 0.624. The van der Waals surface area contributed by atoms with Gasteiger partial charge < -0.3 is 4.89 Å². The van der Waals surface area contributed by atoms with E-state index in [0.717, 1.165) is 0 Å². The summed E-state index contributed by atoms with van der Waals surface area (Å²) in [4.78, 5) is 8.24. The van der Waals surface area contributed by atoms with Crippen LogP contribution >= 0.6 is 21.1 Å². The molecule has 0 aromatic heterocycles. The van der Waals surface area contributed by atoms with E-state index in [2.05, 4.69) is 17.3 Å². The maximum Gasteiger partial charge on any atom is 0.104 e. The standard InChI is InChI=1S/CH6NOPS/c1-4(3)2-5/h2-3,5H,1H3. The fourth-order valence-electron chi connectivity index (χ4n) is 0. The molecule has 0 aromatic rings. The number of thiol groups is 1. The summed E-state index contributed by atoms with van der Waals surface area (Å²) in [6.07, 6.45) is 0. The van der Waals surface area contributed by atoms with Gasteiger partial charge in [0.05, 0.1) is 0 Å². The van der Waals surface area contributed by atoms with Crippen molar-refractivity contribution in [2.75, 3.05) is 6.66 Å². The Hall–Kier alpha value is 0.700. The fourth-order valence-corrected chi connectivity index (χ4v) is 0. The van der Waals surface area contributed by atoms with Crippen LogP contribution in [0.4, 0.5) is 0 Å². The van der Waals surface area contributed by atoms with E-state index in [4.69, 9.17) is 4.89 Å². The number of hydrogen-bond donors (Lipinski definition) is 3. The zero-order chi connectivity index (χ0) is 4.28. The van der Waals surface area contributed by atoms with Crippen molar-refractivity contribution in [3.05, 3.63) is 0 Å². The van der Waals surface area contributed by atoms with Crippen molar-refractivity contribution in [1.29, 1.82) is 0 Å². The van der Waals surface area contributed by atoms with Gasteiger partial charge in [-0.1, -0.05) is 12.8 Å². The average Bonchev–Trinajstić information content (AvgIpc) is 1.38. The average molecular weight is 111 g/mol. The van der Waals surface area contributed by atoms with Crippen LogP contribution in [0.15, 0.2) is 0 Å². The predicted octanol–water partition coefficient (Wildman–Crippen LogP) is 0.355. The molecule has 1 atom stereocenters. The lowest BCUT2D eigenvalue weighted by Crippen LogP contribution is -1.82. The molecule has 2 N–H and O–H groups in total. The molecule has 0 radical (unpaired) electrons. The molecule has 0 aliphatic heterocycles. The Kier molecular flexibility index (Phi) is 3.32. The lowest BCUT2D eigenvalue weighted by Gasteiger charge is -1.92. The van der Waals surface area contributed by atoms with E-state index in [0.29, 0.717) is 0 Å². The van der Waals surface area contributed by atoms with Gasteiger partial charge in [-0.3, -0.25) is 0 Å². The Bertz CT molecular complexity index is 25.6. The molecule has 0 spiro atoms. The Morgan fingerprint density at radius 1 is 2.00 bits per heavy atom. The third-order valence-corrected chi connectivity index (χ3v) is 1.30. The minimum atomic E-state index is -0.984. The van der Waals surface area contributed by atoms with E-state index >= 15 is 0 Å². The quantitative estimate of drug-likeness (QED) is 0.337. The number of rotatable bonds is 1. The maximum absolute atomic E-state index is 8.24. The summed E-state index contributed by atoms with van der Waals surface area (Å²) < 4.78 is 2.34. The molecule has 0 rings (SSSR count). The van der Waals surface area contributed by atoms with Gasteiger partial charge in [-0.2, -0.15) is 0 Å². The first-order valence-electron chi connectivity index (χ1n) is 1.09. The number of hydrogen-bond acceptors (Lipinski definition) is 3. The summed E-state index contributed by atoms with van der Waals surface area (Å²) in [5.74, 6) is 0. The van der Waals surface area contributed by atoms with Crippen LogP contribution in [0.3, 0.4) is 0 Å². The van der Waals surface area contributed by atoms with Crippen molar-refractivity contribution >= 4 is 21.1 Å². The molecule has 0 saturated heterocycles. The minimum Gasteiger partial charge on any atom is -0.359 e. The number of nitrogens with one attached hydrogen (secondary N) is 1. The van der Waals surface area contributed by atoms with Crippen LogP contribution in [0.25, 0.3) is 0 Å². The van der Waals surface area contributed by atoms with E-state index in [1.807, 2.05) is 0 Å². The highest BCUT2D eigenvalue weighted by molar-refractivity contribution is 7.84. The van der Waals surface area contributed by atoms with E-state index in [-0.39, 0.29) is 0 Å². The Morgan fingerprint density at radius 3 is 2.20 bits per heavy atom. The van der Waals surface area contributed by atoms with Crippen molar-refractivity contribution in [2.24, 2.45) is 0 Å². The SMILES string of the molecule is CP(O)NS. The van der Waals surface area contributed by atoms with E-state index in [1.54, 1.807) is 6.66 Å². The van der Waals surface area contributed by atoms with Gasteiger partial charge in [0.1, 0.15) is 8.30 Å². The van der Waals surface area contributed by atoms with Crippen molar-refractivity contribution in [3.8, 4) is 0 Å². The van der Waals surface area contributed by atoms with Crippen molar-refractivity contribution in [2.45, 2.75) is 0 Å². The Labute approximate surface area is 38.0 Å². The summed E-state index contributed by atoms with van der Waals surface area (Å²) in [5.41, 5.74) is 0. The van der Waals surface area contributed by atoms with Gasteiger partial charge in [0, 0.05) is 0 Å². The summed E-state index contributed by atoms with van der Waals surface area (Å²) in [5, 5.41) is 0. The molecule has 4 heteroatoms. The molecular weight excluding hydrogens is 105 g/mol. The molecule has 0 heterocycles. The van der Waals surface area contributed by atoms with Gasteiger partial charge in [0.2, 0.25) is 0 Å². The molecule has 0 amide bonds. The first kappa shape index (κ1) is 5.70. The topological polar surface area (TPSA) is 32.3 Å². The van der Waals surface area contributed by atoms with Crippen LogP contribution < -0.4 is 4.49 Å². The molecule has 0 fully saturated rings. The summed E-state index contributed by atoms with van der Waals surface area (Å²) >= 11 is 3.54. The zero-order valence-electron chi connectivity index (χ0n) is 2.84. The van der Waals surface area contributed by atoms with Crippen LogP contribution in [-0.2, 0) is 0 Å². The smallest absolute Gasteiger partial charge is 0.104 e. The molecule has 0 saturated carbocycles. The molecule has 1 unspecified atom stereocenters. The van der Waals surface area contributed by atoms with Crippen LogP contribution in [0.2, 0.25) is 0 Å². The molecule has 32 valence electrons. The molecule has 0 aromatic carbocycles. The van der Waals surface area contributed by atoms with Crippen LogP contribution in [0.1, 0.15) is 0 Å². The van der Waals surface area contributed by atoms with Crippen LogP contribution in [-0.4, -0.2) is 11.6 Å². The van der Waals surface area contributed by atoms with Crippen molar-refractivity contribution in [3.63, 3.8) is 0 Å². The zero-order valence-corrected chi connectivity index (χ0v) is 4.63. The largest absolute Gasteiger partial charge is 0.359 e. The van der Waals surface area contributed by atoms with Crippen LogP contribution in [0, 0.1) is 0 Å². The van der Waals surface area contributed by atoms with E-state index in [9.17, 15) is 0 Å². The molecule has 0 aliphatic rings. The first-order chi connectivity index (χ1) is 2.27. The van der Waals surface area contributed by atoms with Gasteiger partial charge >= 0.3 is 0 Å². The minimum absolute atomic E-state index is 0.984. The summed E-state index contributed by atoms with van der Waals surface area (Å²) in [6.45, 7) is 1.66. The molecular formula is CH6NOPS. The first-order valence-corrected chi connectivity index (χ1v) is 3.28. The lowest BCUT2D eigenvalue weighted by atomic mass is 12.0. The second kappa shape index (κ2) is 2.91. The third-order valence-electron chi connectivity index (χ3n) is 0.145. The van der Waals surface area contributed by atoms with Crippen molar-refractivity contribution in [1.82, 2.24) is 4.49 Å². The van der Waals surface area contributed by atoms with E-state index in [1.165, 1.54) is 0 Å². The van der Waals surface area contributed by atoms with E-state index < -0.39 is 8.30 Å². The Morgan fingerprint density at radius 2 is 2.20 bits per heavy atom. The van der Waals surface area contributed by atoms with Crippen LogP contribution in [0.5, 0.6) is 0 Å². The molecule has 5 heavy (non-hydrogen) atoms. The maximum atomic E-state index is 8.24. The normalized spacial score (nSPS) is 15.0. The third kappa shape index (κ3) is 4.70. The highest BCUT2D eigenvalue weighted by Gasteiger charge is 1.80. The lowest BCUT2D eigenvalue weighted by molar-refractivity contribution is 0.628.